The highest BCUT2D eigenvalue weighted by atomic mass is 32.2. The first-order valence-corrected chi connectivity index (χ1v) is 12.1. The van der Waals surface area contributed by atoms with E-state index in [0.29, 0.717) is 17.5 Å². The molecule has 1 N–H and O–H groups in total. The van der Waals surface area contributed by atoms with E-state index in [0.717, 1.165) is 30.6 Å². The van der Waals surface area contributed by atoms with Gasteiger partial charge >= 0.3 is 0 Å². The lowest BCUT2D eigenvalue weighted by molar-refractivity contribution is -0.129. The molecule has 2 aromatic heterocycles. The van der Waals surface area contributed by atoms with Crippen molar-refractivity contribution in [2.24, 2.45) is 0 Å². The first-order valence-electron chi connectivity index (χ1n) is 11.1. The molecule has 32 heavy (non-hydrogen) atoms. The van der Waals surface area contributed by atoms with Crippen LogP contribution in [-0.2, 0) is 24.2 Å². The van der Waals surface area contributed by atoms with Crippen molar-refractivity contribution in [2.45, 2.75) is 44.3 Å². The second-order valence-electron chi connectivity index (χ2n) is 8.12. The monoisotopic (exact) mass is 446 g/mol. The number of hydrogen-bond donors (Lipinski definition) is 1. The lowest BCUT2D eigenvalue weighted by Gasteiger charge is -2.27. The molecular weight excluding hydrogens is 420 g/mol. The summed E-state index contributed by atoms with van der Waals surface area (Å²) in [6, 6.07) is 16.6. The third-order valence-electron chi connectivity index (χ3n) is 6.00. The SMILES string of the molecule is CCCCc1ccc(-n2nnnc2SCC(=O)N2CCc3[nH]c4ccccc4c3C2)cc1. The van der Waals surface area contributed by atoms with Crippen LogP contribution in [0, 0.1) is 0 Å². The molecule has 2 aromatic carbocycles. The molecule has 164 valence electrons. The Morgan fingerprint density at radius 2 is 2.00 bits per heavy atom. The number of aromatic amines is 1. The van der Waals surface area contributed by atoms with E-state index in [1.165, 1.54) is 46.8 Å². The molecule has 0 aliphatic carbocycles. The molecule has 1 aliphatic heterocycles. The molecule has 0 atom stereocenters. The highest BCUT2D eigenvalue weighted by molar-refractivity contribution is 7.99. The summed E-state index contributed by atoms with van der Waals surface area (Å²) >= 11 is 1.38. The fraction of sp³-hybridized carbons (Fsp3) is 0.333. The van der Waals surface area contributed by atoms with Crippen LogP contribution in [0.3, 0.4) is 0 Å². The average molecular weight is 447 g/mol. The van der Waals surface area contributed by atoms with Crippen LogP contribution in [0.1, 0.15) is 36.6 Å². The molecule has 0 radical (unpaired) electrons. The minimum absolute atomic E-state index is 0.107. The zero-order valence-corrected chi connectivity index (χ0v) is 18.9. The minimum atomic E-state index is 0.107. The maximum Gasteiger partial charge on any atom is 0.233 e. The Morgan fingerprint density at radius 3 is 2.84 bits per heavy atom. The molecule has 1 amide bonds. The van der Waals surface area contributed by atoms with Crippen molar-refractivity contribution in [3.63, 3.8) is 0 Å². The van der Waals surface area contributed by atoms with E-state index in [1.807, 2.05) is 29.2 Å². The van der Waals surface area contributed by atoms with Gasteiger partial charge < -0.3 is 9.88 Å². The number of carbonyl (C=O) groups excluding carboxylic acids is 1. The van der Waals surface area contributed by atoms with Crippen molar-refractivity contribution in [3.8, 4) is 5.69 Å². The number of amides is 1. The van der Waals surface area contributed by atoms with Gasteiger partial charge in [-0.3, -0.25) is 4.79 Å². The van der Waals surface area contributed by atoms with Crippen molar-refractivity contribution >= 4 is 28.6 Å². The van der Waals surface area contributed by atoms with E-state index in [2.05, 4.69) is 51.7 Å². The summed E-state index contributed by atoms with van der Waals surface area (Å²) in [5.74, 6) is 0.419. The van der Waals surface area contributed by atoms with Crippen LogP contribution in [0.4, 0.5) is 0 Å². The van der Waals surface area contributed by atoms with E-state index in [4.69, 9.17) is 0 Å². The van der Waals surface area contributed by atoms with Gasteiger partial charge in [-0.1, -0.05) is 55.4 Å². The van der Waals surface area contributed by atoms with Crippen LogP contribution >= 0.6 is 11.8 Å². The molecule has 3 heterocycles. The van der Waals surface area contributed by atoms with E-state index in [9.17, 15) is 4.79 Å². The first-order chi connectivity index (χ1) is 15.7. The number of rotatable bonds is 7. The standard InChI is InChI=1S/C24H26N6OS/c1-2-3-6-17-9-11-18(12-10-17)30-24(26-27-28-30)32-16-23(31)29-14-13-22-20(15-29)19-7-4-5-8-21(19)25-22/h4-5,7-12,25H,2-3,6,13-16H2,1H3. The van der Waals surface area contributed by atoms with Gasteiger partial charge in [-0.05, 0) is 47.0 Å². The number of unbranched alkanes of at least 4 members (excludes halogenated alkanes) is 1. The van der Waals surface area contributed by atoms with Gasteiger partial charge in [0.2, 0.25) is 11.1 Å². The minimum Gasteiger partial charge on any atom is -0.358 e. The molecule has 1 aliphatic rings. The molecule has 0 spiro atoms. The fourth-order valence-electron chi connectivity index (χ4n) is 4.21. The van der Waals surface area contributed by atoms with Gasteiger partial charge in [-0.25, -0.2) is 0 Å². The number of thioether (sulfide) groups is 1. The molecular formula is C24H26N6OS. The molecule has 0 bridgehead atoms. The third kappa shape index (κ3) is 4.14. The Labute approximate surface area is 191 Å². The van der Waals surface area contributed by atoms with Crippen molar-refractivity contribution in [2.75, 3.05) is 12.3 Å². The predicted molar refractivity (Wildman–Crippen MR) is 126 cm³/mol. The van der Waals surface area contributed by atoms with Gasteiger partial charge in [-0.15, -0.1) is 5.10 Å². The molecule has 0 saturated carbocycles. The van der Waals surface area contributed by atoms with Crippen LogP contribution in [0.5, 0.6) is 0 Å². The Hall–Kier alpha value is -3.13. The number of H-pyrrole nitrogens is 1. The topological polar surface area (TPSA) is 79.7 Å². The number of benzene rings is 2. The Morgan fingerprint density at radius 1 is 1.16 bits per heavy atom. The van der Waals surface area contributed by atoms with Crippen LogP contribution < -0.4 is 0 Å². The van der Waals surface area contributed by atoms with E-state index < -0.39 is 0 Å². The number of aromatic nitrogens is 5. The van der Waals surface area contributed by atoms with Crippen molar-refractivity contribution in [1.29, 1.82) is 0 Å². The number of tetrazole rings is 1. The maximum absolute atomic E-state index is 13.0. The summed E-state index contributed by atoms with van der Waals surface area (Å²) in [4.78, 5) is 18.4. The van der Waals surface area contributed by atoms with Gasteiger partial charge in [-0.2, -0.15) is 4.68 Å². The van der Waals surface area contributed by atoms with Crippen molar-refractivity contribution in [3.05, 3.63) is 65.4 Å². The Bertz CT molecular complexity index is 1230. The lowest BCUT2D eigenvalue weighted by Crippen LogP contribution is -2.36. The Balaban J connectivity index is 1.24. The number of carbonyl (C=O) groups is 1. The summed E-state index contributed by atoms with van der Waals surface area (Å²) in [5, 5.41) is 13.9. The highest BCUT2D eigenvalue weighted by Gasteiger charge is 2.24. The summed E-state index contributed by atoms with van der Waals surface area (Å²) in [5.41, 5.74) is 5.84. The smallest absolute Gasteiger partial charge is 0.233 e. The fourth-order valence-corrected chi connectivity index (χ4v) is 5.01. The number of nitrogens with one attached hydrogen (secondary N) is 1. The van der Waals surface area contributed by atoms with E-state index in [1.54, 1.807) is 4.68 Å². The summed E-state index contributed by atoms with van der Waals surface area (Å²) in [6.45, 7) is 3.57. The molecule has 0 fully saturated rings. The van der Waals surface area contributed by atoms with Gasteiger partial charge in [0.05, 0.1) is 11.4 Å². The van der Waals surface area contributed by atoms with E-state index in [-0.39, 0.29) is 5.91 Å². The first kappa shape index (κ1) is 20.8. The molecule has 7 nitrogen and oxygen atoms in total. The van der Waals surface area contributed by atoms with Crippen LogP contribution in [0.25, 0.3) is 16.6 Å². The number of aryl methyl sites for hydroxylation is 1. The second kappa shape index (κ2) is 9.16. The van der Waals surface area contributed by atoms with Crippen LogP contribution in [0.15, 0.2) is 53.7 Å². The van der Waals surface area contributed by atoms with Gasteiger partial charge in [0.15, 0.2) is 0 Å². The molecule has 0 unspecified atom stereocenters. The van der Waals surface area contributed by atoms with Crippen LogP contribution in [0.2, 0.25) is 0 Å². The van der Waals surface area contributed by atoms with Gasteiger partial charge in [0.1, 0.15) is 0 Å². The van der Waals surface area contributed by atoms with Crippen LogP contribution in [-0.4, -0.2) is 48.3 Å². The quantitative estimate of drug-likeness (QED) is 0.431. The van der Waals surface area contributed by atoms with Crippen molar-refractivity contribution < 1.29 is 4.79 Å². The van der Waals surface area contributed by atoms with E-state index >= 15 is 0 Å². The highest BCUT2D eigenvalue weighted by Crippen LogP contribution is 2.28. The molecule has 0 saturated heterocycles. The normalized spacial score (nSPS) is 13.5. The zero-order valence-electron chi connectivity index (χ0n) is 18.1. The summed E-state index contributed by atoms with van der Waals surface area (Å²) < 4.78 is 1.70. The zero-order chi connectivity index (χ0) is 21.9. The number of para-hydroxylation sites is 1. The van der Waals surface area contributed by atoms with Gasteiger partial charge in [0, 0.05) is 41.7 Å². The Kier molecular flexibility index (Phi) is 5.94. The summed E-state index contributed by atoms with van der Waals surface area (Å²) in [7, 11) is 0. The largest absolute Gasteiger partial charge is 0.358 e. The number of fused-ring (bicyclic) bond motifs is 3. The average Bonchev–Trinajstić information content (AvgIpc) is 3.45. The lowest BCUT2D eigenvalue weighted by atomic mass is 10.0. The molecule has 8 heteroatoms. The van der Waals surface area contributed by atoms with Gasteiger partial charge in [0.25, 0.3) is 0 Å². The number of hydrogen-bond acceptors (Lipinski definition) is 5. The molecule has 5 rings (SSSR count). The predicted octanol–water partition coefficient (Wildman–Crippen LogP) is 4.16. The van der Waals surface area contributed by atoms with Crippen molar-refractivity contribution in [1.82, 2.24) is 30.1 Å². The summed E-state index contributed by atoms with van der Waals surface area (Å²) in [6.07, 6.45) is 4.30. The second-order valence-corrected chi connectivity index (χ2v) is 9.07. The maximum atomic E-state index is 13.0. The molecule has 4 aromatic rings. The number of nitrogens with zero attached hydrogens (tertiary/aromatic N) is 5. The third-order valence-corrected chi connectivity index (χ3v) is 6.91.